The number of fused-ring (bicyclic) bond motifs is 1. The smallest absolute Gasteiger partial charge is 0.293 e. The molecule has 0 spiro atoms. The fourth-order valence-electron chi connectivity index (χ4n) is 3.45. The van der Waals surface area contributed by atoms with Crippen LogP contribution in [-0.2, 0) is 11.3 Å². The van der Waals surface area contributed by atoms with Crippen molar-refractivity contribution in [3.63, 3.8) is 0 Å². The zero-order valence-corrected chi connectivity index (χ0v) is 17.6. The van der Waals surface area contributed by atoms with E-state index < -0.39 is 0 Å². The number of aryl methyl sites for hydroxylation is 2. The van der Waals surface area contributed by atoms with Gasteiger partial charge >= 0.3 is 0 Å². The summed E-state index contributed by atoms with van der Waals surface area (Å²) in [4.78, 5) is 25.8. The Bertz CT molecular complexity index is 1310. The highest BCUT2D eigenvalue weighted by Crippen LogP contribution is 2.20. The fourth-order valence-corrected chi connectivity index (χ4v) is 3.45. The minimum atomic E-state index is -0.372. The zero-order valence-electron chi connectivity index (χ0n) is 17.6. The third-order valence-corrected chi connectivity index (χ3v) is 4.95. The van der Waals surface area contributed by atoms with Gasteiger partial charge in [0, 0.05) is 11.1 Å². The Balaban J connectivity index is 1.64. The van der Waals surface area contributed by atoms with Crippen LogP contribution in [0.1, 0.15) is 18.2 Å². The van der Waals surface area contributed by atoms with E-state index in [1.165, 1.54) is 4.68 Å². The second-order valence-corrected chi connectivity index (χ2v) is 7.16. The zero-order chi connectivity index (χ0) is 22.0. The van der Waals surface area contributed by atoms with Crippen LogP contribution in [0.3, 0.4) is 0 Å². The Morgan fingerprint density at radius 2 is 1.84 bits per heavy atom. The maximum Gasteiger partial charge on any atom is 0.293 e. The van der Waals surface area contributed by atoms with Crippen molar-refractivity contribution >= 4 is 22.5 Å². The van der Waals surface area contributed by atoms with E-state index in [9.17, 15) is 9.59 Å². The molecule has 4 aromatic rings. The van der Waals surface area contributed by atoms with Crippen LogP contribution in [0.5, 0.6) is 5.75 Å². The summed E-state index contributed by atoms with van der Waals surface area (Å²) in [5.41, 5.74) is 3.07. The number of para-hydroxylation sites is 1. The van der Waals surface area contributed by atoms with Crippen molar-refractivity contribution < 1.29 is 9.53 Å². The summed E-state index contributed by atoms with van der Waals surface area (Å²) in [7, 11) is 0. The van der Waals surface area contributed by atoms with E-state index in [2.05, 4.69) is 15.5 Å². The molecule has 0 fully saturated rings. The van der Waals surface area contributed by atoms with Crippen LogP contribution >= 0.6 is 0 Å². The lowest BCUT2D eigenvalue weighted by molar-refractivity contribution is -0.117. The Kier molecular flexibility index (Phi) is 5.53. The van der Waals surface area contributed by atoms with Crippen molar-refractivity contribution in [2.45, 2.75) is 27.3 Å². The standard InChI is InChI=1S/C23H23N5O3/c1-4-31-18-11-9-17(10-12-18)25-21(29)14-27-23(30)22-19(16(3)26-27)13-24-28(22)20-8-6-5-7-15(20)2/h5-13H,4,14H2,1-3H3,(H,25,29). The van der Waals surface area contributed by atoms with Crippen molar-refractivity contribution in [3.8, 4) is 11.4 Å². The number of benzene rings is 2. The highest BCUT2D eigenvalue weighted by Gasteiger charge is 2.17. The van der Waals surface area contributed by atoms with Crippen molar-refractivity contribution in [1.82, 2.24) is 19.6 Å². The third kappa shape index (κ3) is 4.05. The summed E-state index contributed by atoms with van der Waals surface area (Å²) in [6.07, 6.45) is 1.63. The second-order valence-electron chi connectivity index (χ2n) is 7.16. The molecular formula is C23H23N5O3. The van der Waals surface area contributed by atoms with Crippen LogP contribution in [0.4, 0.5) is 5.69 Å². The third-order valence-electron chi connectivity index (χ3n) is 4.95. The molecule has 2 aromatic carbocycles. The van der Waals surface area contributed by atoms with Gasteiger partial charge in [0.25, 0.3) is 5.56 Å². The van der Waals surface area contributed by atoms with Gasteiger partial charge in [-0.3, -0.25) is 9.59 Å². The van der Waals surface area contributed by atoms with Crippen LogP contribution in [0.25, 0.3) is 16.6 Å². The molecule has 2 heterocycles. The second kappa shape index (κ2) is 8.43. The molecule has 0 radical (unpaired) electrons. The predicted octanol–water partition coefficient (Wildman–Crippen LogP) is 3.24. The lowest BCUT2D eigenvalue weighted by atomic mass is 10.2. The van der Waals surface area contributed by atoms with Crippen LogP contribution in [0.15, 0.2) is 59.5 Å². The SMILES string of the molecule is CCOc1ccc(NC(=O)Cn2nc(C)c3cnn(-c4ccccc4C)c3c2=O)cc1. The molecule has 31 heavy (non-hydrogen) atoms. The molecule has 0 bridgehead atoms. The largest absolute Gasteiger partial charge is 0.494 e. The summed E-state index contributed by atoms with van der Waals surface area (Å²) in [5.74, 6) is 0.378. The summed E-state index contributed by atoms with van der Waals surface area (Å²) < 4.78 is 8.20. The number of hydrogen-bond donors (Lipinski definition) is 1. The molecule has 2 aromatic heterocycles. The first-order valence-corrected chi connectivity index (χ1v) is 10.0. The van der Waals surface area contributed by atoms with Crippen molar-refractivity contribution in [3.05, 3.63) is 76.3 Å². The number of ether oxygens (including phenoxy) is 1. The minimum absolute atomic E-state index is 0.207. The number of aromatic nitrogens is 4. The monoisotopic (exact) mass is 417 g/mol. The molecule has 1 N–H and O–H groups in total. The number of carbonyl (C=O) groups excluding carboxylic acids is 1. The van der Waals surface area contributed by atoms with E-state index in [-0.39, 0.29) is 18.0 Å². The van der Waals surface area contributed by atoms with E-state index in [0.717, 1.165) is 17.0 Å². The molecule has 158 valence electrons. The Morgan fingerprint density at radius 3 is 2.55 bits per heavy atom. The molecule has 0 unspecified atom stereocenters. The number of amides is 1. The van der Waals surface area contributed by atoms with Gasteiger partial charge in [0.1, 0.15) is 17.8 Å². The fraction of sp³-hybridized carbons (Fsp3) is 0.217. The highest BCUT2D eigenvalue weighted by atomic mass is 16.5. The molecule has 0 saturated heterocycles. The first-order valence-electron chi connectivity index (χ1n) is 10.0. The number of carbonyl (C=O) groups is 1. The molecule has 0 saturated carbocycles. The Labute approximate surface area is 179 Å². The average molecular weight is 417 g/mol. The van der Waals surface area contributed by atoms with E-state index >= 15 is 0 Å². The number of hydrogen-bond acceptors (Lipinski definition) is 5. The van der Waals surface area contributed by atoms with Gasteiger partial charge in [-0.25, -0.2) is 9.36 Å². The van der Waals surface area contributed by atoms with Crippen molar-refractivity contribution in [2.24, 2.45) is 0 Å². The number of rotatable bonds is 6. The molecule has 0 atom stereocenters. The minimum Gasteiger partial charge on any atom is -0.494 e. The lowest BCUT2D eigenvalue weighted by Gasteiger charge is -2.10. The number of nitrogens with one attached hydrogen (secondary N) is 1. The summed E-state index contributed by atoms with van der Waals surface area (Å²) in [5, 5.41) is 12.2. The summed E-state index contributed by atoms with van der Waals surface area (Å²) in [6.45, 7) is 6.03. The summed E-state index contributed by atoms with van der Waals surface area (Å²) in [6, 6.07) is 14.7. The van der Waals surface area contributed by atoms with Gasteiger partial charge in [0.15, 0.2) is 0 Å². The molecular weight excluding hydrogens is 394 g/mol. The maximum atomic E-state index is 13.2. The number of nitrogens with zero attached hydrogens (tertiary/aromatic N) is 4. The molecule has 0 aliphatic heterocycles. The van der Waals surface area contributed by atoms with Gasteiger partial charge in [-0.05, 0) is 56.7 Å². The maximum absolute atomic E-state index is 13.2. The lowest BCUT2D eigenvalue weighted by Crippen LogP contribution is -2.31. The van der Waals surface area contributed by atoms with Gasteiger partial charge < -0.3 is 10.1 Å². The normalized spacial score (nSPS) is 10.9. The Hall–Kier alpha value is -3.94. The molecule has 8 nitrogen and oxygen atoms in total. The van der Waals surface area contributed by atoms with Gasteiger partial charge in [-0.1, -0.05) is 18.2 Å². The molecule has 0 aliphatic rings. The first-order chi connectivity index (χ1) is 15.0. The highest BCUT2D eigenvalue weighted by molar-refractivity contribution is 5.90. The molecule has 1 amide bonds. The first kappa shape index (κ1) is 20.3. The summed E-state index contributed by atoms with van der Waals surface area (Å²) >= 11 is 0. The van der Waals surface area contributed by atoms with E-state index in [0.29, 0.717) is 28.9 Å². The molecule has 8 heteroatoms. The van der Waals surface area contributed by atoms with Crippen molar-refractivity contribution in [2.75, 3.05) is 11.9 Å². The molecule has 0 aliphatic carbocycles. The van der Waals surface area contributed by atoms with Gasteiger partial charge in [-0.2, -0.15) is 10.2 Å². The van der Waals surface area contributed by atoms with Crippen LogP contribution in [-0.4, -0.2) is 32.1 Å². The van der Waals surface area contributed by atoms with E-state index in [1.54, 1.807) is 42.1 Å². The topological polar surface area (TPSA) is 91.0 Å². The quantitative estimate of drug-likeness (QED) is 0.520. The van der Waals surface area contributed by atoms with Crippen LogP contribution < -0.4 is 15.6 Å². The van der Waals surface area contributed by atoms with E-state index in [1.807, 2.05) is 38.1 Å². The molecule has 4 rings (SSSR count). The number of anilines is 1. The Morgan fingerprint density at radius 1 is 1.10 bits per heavy atom. The van der Waals surface area contributed by atoms with Gasteiger partial charge in [0.05, 0.1) is 24.2 Å². The van der Waals surface area contributed by atoms with Crippen molar-refractivity contribution in [1.29, 1.82) is 0 Å². The van der Waals surface area contributed by atoms with Crippen LogP contribution in [0.2, 0.25) is 0 Å². The van der Waals surface area contributed by atoms with Gasteiger partial charge in [0.2, 0.25) is 5.91 Å². The average Bonchev–Trinajstić information content (AvgIpc) is 3.19. The van der Waals surface area contributed by atoms with Gasteiger partial charge in [-0.15, -0.1) is 0 Å². The van der Waals surface area contributed by atoms with Crippen LogP contribution in [0, 0.1) is 13.8 Å². The predicted molar refractivity (Wildman–Crippen MR) is 119 cm³/mol. The van der Waals surface area contributed by atoms with E-state index in [4.69, 9.17) is 4.74 Å².